The molecule has 0 aliphatic rings. The van der Waals surface area contributed by atoms with Gasteiger partial charge >= 0.3 is 0 Å². The third-order valence-electron chi connectivity index (χ3n) is 0.235. The monoisotopic (exact) mass is 306 g/mol. The minimum absolute atomic E-state index is 0. The maximum atomic E-state index is 9.18. The molecular weight excluding hydrogens is 285 g/mol. The van der Waals surface area contributed by atoms with Crippen LogP contribution in [-0.4, -0.2) is 22.0 Å². The van der Waals surface area contributed by atoms with Crippen LogP contribution in [-0.2, 0) is 37.5 Å². The Hall–Kier alpha value is -0.496. The van der Waals surface area contributed by atoms with Gasteiger partial charge in [-0.3, -0.25) is 0 Å². The van der Waals surface area contributed by atoms with E-state index < -0.39 is 10.2 Å². The van der Waals surface area contributed by atoms with E-state index in [1.807, 2.05) is 0 Å². The minimum Gasteiger partial charge on any atom is -0.358 e. The summed E-state index contributed by atoms with van der Waals surface area (Å²) < 4.78 is 0. The second-order valence-electron chi connectivity index (χ2n) is 0.879. The normalized spacial score (nSPS) is 4.60. The van der Waals surface area contributed by atoms with Crippen LogP contribution in [0.25, 0.3) is 0 Å². The van der Waals surface area contributed by atoms with Crippen molar-refractivity contribution >= 4 is 0 Å². The van der Waals surface area contributed by atoms with Crippen molar-refractivity contribution in [2.45, 2.75) is 29.2 Å². The minimum atomic E-state index is -1.50. The summed E-state index contributed by atoms with van der Waals surface area (Å²) in [6.45, 7) is 1.69. The van der Waals surface area contributed by atoms with E-state index in [9.17, 15) is 10.1 Å². The van der Waals surface area contributed by atoms with Crippen LogP contribution in [0.2, 0.25) is 0 Å². The molecule has 1 N–H and O–H groups in total. The summed E-state index contributed by atoms with van der Waals surface area (Å²) in [5, 5.41) is 22.0. The van der Waals surface area contributed by atoms with Crippen LogP contribution in [0.4, 0.5) is 0 Å². The molecule has 95 valence electrons. The molecule has 0 saturated heterocycles. The third-order valence-corrected chi connectivity index (χ3v) is 0.235. The van der Waals surface area contributed by atoms with E-state index in [1.54, 1.807) is 6.92 Å². The van der Waals surface area contributed by atoms with Crippen molar-refractivity contribution in [3.05, 3.63) is 27.7 Å². The molecule has 15 heavy (non-hydrogen) atoms. The zero-order chi connectivity index (χ0) is 8.57. The van der Waals surface area contributed by atoms with Crippen LogP contribution in [0.5, 0.6) is 0 Å². The van der Waals surface area contributed by atoms with Crippen molar-refractivity contribution in [1.29, 1.82) is 0 Å². The molecule has 0 amide bonds. The molecule has 0 spiro atoms. The van der Waals surface area contributed by atoms with E-state index in [2.05, 4.69) is 4.84 Å². The number of rotatable bonds is 2. The molecule has 8 nitrogen and oxygen atoms in total. The molecule has 0 heterocycles. The summed E-state index contributed by atoms with van der Waals surface area (Å²) in [5.74, 6) is 0. The SMILES string of the molecule is C.C.C.CCO[N+](=O)[O-].O=[N+]([O-])O.[CH3-].[Y]. The van der Waals surface area contributed by atoms with Gasteiger partial charge in [-0.2, -0.15) is 0 Å². The van der Waals surface area contributed by atoms with Crippen molar-refractivity contribution in [3.8, 4) is 0 Å². The van der Waals surface area contributed by atoms with Crippen molar-refractivity contribution in [3.63, 3.8) is 0 Å². The van der Waals surface area contributed by atoms with E-state index >= 15 is 0 Å². The summed E-state index contributed by atoms with van der Waals surface area (Å²) in [6, 6.07) is 0. The van der Waals surface area contributed by atoms with Gasteiger partial charge in [-0.25, -0.2) is 0 Å². The average Bonchev–Trinajstić information content (AvgIpc) is 1.62. The van der Waals surface area contributed by atoms with E-state index in [0.29, 0.717) is 0 Å². The molecule has 0 aromatic rings. The van der Waals surface area contributed by atoms with Gasteiger partial charge < -0.3 is 17.5 Å². The molecule has 0 fully saturated rings. The average molecular weight is 306 g/mol. The Morgan fingerprint density at radius 2 is 1.40 bits per heavy atom. The van der Waals surface area contributed by atoms with Crippen LogP contribution in [0.15, 0.2) is 0 Å². The predicted molar refractivity (Wildman–Crippen MR) is 54.0 cm³/mol. The first-order valence-electron chi connectivity index (χ1n) is 2.11. The first kappa shape index (κ1) is 47.0. The molecule has 0 aromatic heterocycles. The smallest absolute Gasteiger partial charge is 0.294 e. The van der Waals surface area contributed by atoms with E-state index in [1.165, 1.54) is 0 Å². The van der Waals surface area contributed by atoms with Crippen molar-refractivity contribution in [1.82, 2.24) is 0 Å². The summed E-state index contributed by atoms with van der Waals surface area (Å²) in [6.07, 6.45) is 0. The summed E-state index contributed by atoms with van der Waals surface area (Å²) in [7, 11) is 0. The van der Waals surface area contributed by atoms with Gasteiger partial charge in [-0.1, -0.05) is 22.3 Å². The third kappa shape index (κ3) is 285. The molecule has 0 atom stereocenters. The van der Waals surface area contributed by atoms with Crippen molar-refractivity contribution < 1.29 is 52.9 Å². The Morgan fingerprint density at radius 3 is 1.40 bits per heavy atom. The fraction of sp³-hybridized carbons (Fsp3) is 0.833. The maximum Gasteiger partial charge on any atom is 0.294 e. The summed E-state index contributed by atoms with van der Waals surface area (Å²) in [5.41, 5.74) is 0. The molecule has 0 bridgehead atoms. The fourth-order valence-corrected chi connectivity index (χ4v) is 0.105. The Morgan fingerprint density at radius 1 is 1.20 bits per heavy atom. The summed E-state index contributed by atoms with van der Waals surface area (Å²) >= 11 is 0. The van der Waals surface area contributed by atoms with Gasteiger partial charge in [0.25, 0.3) is 10.2 Å². The van der Waals surface area contributed by atoms with Crippen LogP contribution in [0.1, 0.15) is 29.2 Å². The van der Waals surface area contributed by atoms with Gasteiger partial charge in [-0.15, -0.1) is 20.2 Å². The van der Waals surface area contributed by atoms with Gasteiger partial charge in [0.2, 0.25) is 0 Å². The van der Waals surface area contributed by atoms with E-state index in [-0.39, 0.29) is 69.0 Å². The van der Waals surface area contributed by atoms with Crippen molar-refractivity contribution in [2.24, 2.45) is 0 Å². The van der Waals surface area contributed by atoms with Gasteiger partial charge in [0.05, 0.1) is 6.61 Å². The number of nitrogens with zero attached hydrogens (tertiary/aromatic N) is 2. The first-order chi connectivity index (χ1) is 4.50. The van der Waals surface area contributed by atoms with Crippen molar-refractivity contribution in [2.75, 3.05) is 6.61 Å². The second kappa shape index (κ2) is 37.5. The standard InChI is InChI=1S/C2H5NO3.3CH4.CH3.HNO3.Y/c1-2-6-3(4)5;;;;;2-1(3)4;/h2H2,1H3;3*1H4;1H3;(H,2,3,4);/q;;;;-1;;. The molecular formula is C6H21N2O6Y-. The number of hydrogen-bond donors (Lipinski definition) is 1. The van der Waals surface area contributed by atoms with Crippen LogP contribution in [0, 0.1) is 27.7 Å². The quantitative estimate of drug-likeness (QED) is 0.475. The molecule has 0 aliphatic carbocycles. The molecule has 0 aliphatic heterocycles. The maximum absolute atomic E-state index is 9.18. The van der Waals surface area contributed by atoms with Crippen LogP contribution in [0.3, 0.4) is 0 Å². The molecule has 0 rings (SSSR count). The Balaban J connectivity index is -0.0000000133. The predicted octanol–water partition coefficient (Wildman–Crippen LogP) is 2.22. The molecule has 0 aromatic carbocycles. The Bertz CT molecular complexity index is 120. The molecule has 9 heteroatoms. The summed E-state index contributed by atoms with van der Waals surface area (Å²) in [4.78, 5) is 21.3. The molecule has 0 saturated carbocycles. The van der Waals surface area contributed by atoms with Gasteiger partial charge in [-0.05, 0) is 6.92 Å². The molecule has 0 unspecified atom stereocenters. The van der Waals surface area contributed by atoms with Gasteiger partial charge in [0.1, 0.15) is 0 Å². The van der Waals surface area contributed by atoms with Crippen LogP contribution < -0.4 is 0 Å². The Kier molecular flexibility index (Phi) is 117. The second-order valence-corrected chi connectivity index (χ2v) is 0.879. The van der Waals surface area contributed by atoms with Crippen LogP contribution >= 0.6 is 0 Å². The zero-order valence-corrected chi connectivity index (χ0v) is 9.51. The topological polar surface area (TPSA) is 116 Å². The zero-order valence-electron chi connectivity index (χ0n) is 6.67. The van der Waals surface area contributed by atoms with Gasteiger partial charge in [0.15, 0.2) is 0 Å². The van der Waals surface area contributed by atoms with E-state index in [0.717, 1.165) is 0 Å². The van der Waals surface area contributed by atoms with Gasteiger partial charge in [0, 0.05) is 32.7 Å². The fourth-order valence-electron chi connectivity index (χ4n) is 0.105. The first-order valence-corrected chi connectivity index (χ1v) is 2.11. The van der Waals surface area contributed by atoms with E-state index in [4.69, 9.17) is 15.3 Å². The number of hydrogen-bond acceptors (Lipinski definition) is 5. The molecule has 1 radical (unpaired) electrons. The Labute approximate surface area is 116 Å². The largest absolute Gasteiger partial charge is 0.358 e.